The van der Waals surface area contributed by atoms with E-state index in [9.17, 15) is 14.4 Å². The summed E-state index contributed by atoms with van der Waals surface area (Å²) in [6.07, 6.45) is 10.4. The molecular formula is C28H37N3O5. The zero-order valence-corrected chi connectivity index (χ0v) is 20.9. The number of ketones is 1. The lowest BCUT2D eigenvalue weighted by Crippen LogP contribution is -2.47. The third-order valence-corrected chi connectivity index (χ3v) is 7.34. The number of ether oxygens (including phenoxy) is 1. The van der Waals surface area contributed by atoms with Crippen molar-refractivity contribution in [3.63, 3.8) is 0 Å². The third kappa shape index (κ3) is 7.50. The lowest BCUT2D eigenvalue weighted by molar-refractivity contribution is -0.140. The number of hydrogen-bond donors (Lipinski definition) is 1. The van der Waals surface area contributed by atoms with Gasteiger partial charge >= 0.3 is 0 Å². The molecule has 1 saturated heterocycles. The van der Waals surface area contributed by atoms with Crippen LogP contribution in [-0.4, -0.2) is 59.8 Å². The Kier molecular flexibility index (Phi) is 9.67. The van der Waals surface area contributed by atoms with Gasteiger partial charge in [0.1, 0.15) is 6.26 Å². The normalized spacial score (nSPS) is 18.4. The molecule has 1 saturated carbocycles. The number of oxazole rings is 1. The van der Waals surface area contributed by atoms with Gasteiger partial charge in [-0.25, -0.2) is 4.98 Å². The number of Topliss-reactive ketones (excluding diaryl/α,β-unsaturated/α-hetero) is 1. The molecule has 2 fully saturated rings. The molecule has 0 unspecified atom stereocenters. The van der Waals surface area contributed by atoms with Gasteiger partial charge in [0.05, 0.1) is 25.5 Å². The number of nitrogens with one attached hydrogen (secondary N) is 1. The second-order valence-electron chi connectivity index (χ2n) is 9.92. The Bertz CT molecular complexity index is 966. The number of hydrogen-bond acceptors (Lipinski definition) is 6. The van der Waals surface area contributed by atoms with E-state index < -0.39 is 12.0 Å². The predicted octanol–water partition coefficient (Wildman–Crippen LogP) is 3.81. The lowest BCUT2D eigenvalue weighted by atomic mass is 9.81. The largest absolute Gasteiger partial charge is 0.442 e. The van der Waals surface area contributed by atoms with Gasteiger partial charge in [-0.15, -0.1) is 0 Å². The summed E-state index contributed by atoms with van der Waals surface area (Å²) >= 11 is 0. The average Bonchev–Trinajstić information content (AvgIpc) is 3.47. The van der Waals surface area contributed by atoms with Gasteiger partial charge in [-0.05, 0) is 30.7 Å². The van der Waals surface area contributed by atoms with E-state index in [0.29, 0.717) is 51.5 Å². The van der Waals surface area contributed by atoms with Crippen molar-refractivity contribution >= 4 is 17.6 Å². The Morgan fingerprint density at radius 2 is 1.81 bits per heavy atom. The SMILES string of the molecule is O=C(N[C@@H](CCc1ccccc1)C(=O)c1ncco1)[C@@H](CC(=O)N1CCOCC1)CC1CCCCC1. The number of carbonyl (C=O) groups excluding carboxylic acids is 3. The number of amides is 2. The summed E-state index contributed by atoms with van der Waals surface area (Å²) in [5.41, 5.74) is 1.08. The van der Waals surface area contributed by atoms with Gasteiger partial charge in [-0.3, -0.25) is 14.4 Å². The smallest absolute Gasteiger partial charge is 0.265 e. The number of benzene rings is 1. The molecule has 0 spiro atoms. The minimum atomic E-state index is -0.774. The fourth-order valence-corrected chi connectivity index (χ4v) is 5.27. The van der Waals surface area contributed by atoms with Crippen molar-refractivity contribution in [2.24, 2.45) is 11.8 Å². The molecule has 1 aromatic carbocycles. The zero-order valence-electron chi connectivity index (χ0n) is 20.9. The van der Waals surface area contributed by atoms with Gasteiger partial charge in [-0.2, -0.15) is 0 Å². The molecule has 2 heterocycles. The van der Waals surface area contributed by atoms with Crippen LogP contribution in [0.3, 0.4) is 0 Å². The standard InChI is InChI=1S/C28H37N3O5/c32-25(31-14-17-35-18-15-31)20-23(19-22-9-5-2-6-10-22)27(34)30-24(26(33)28-29-13-16-36-28)12-11-21-7-3-1-4-8-21/h1,3-4,7-8,13,16,22-24H,2,5-6,9-12,14-15,17-20H2,(H,30,34)/t23-,24+/m1/s1. The summed E-state index contributed by atoms with van der Waals surface area (Å²) in [4.78, 5) is 45.7. The van der Waals surface area contributed by atoms with Gasteiger partial charge in [0, 0.05) is 25.4 Å². The highest BCUT2D eigenvalue weighted by atomic mass is 16.5. The van der Waals surface area contributed by atoms with Gasteiger partial charge in [0.25, 0.3) is 5.89 Å². The first-order valence-corrected chi connectivity index (χ1v) is 13.2. The highest BCUT2D eigenvalue weighted by molar-refractivity contribution is 5.99. The highest BCUT2D eigenvalue weighted by Gasteiger charge is 2.32. The van der Waals surface area contributed by atoms with Crippen LogP contribution >= 0.6 is 0 Å². The van der Waals surface area contributed by atoms with E-state index in [4.69, 9.17) is 9.15 Å². The maximum absolute atomic E-state index is 13.6. The fourth-order valence-electron chi connectivity index (χ4n) is 5.27. The van der Waals surface area contributed by atoms with Crippen LogP contribution in [0.4, 0.5) is 0 Å². The van der Waals surface area contributed by atoms with Crippen LogP contribution < -0.4 is 5.32 Å². The Hall–Kier alpha value is -3.00. The van der Waals surface area contributed by atoms with Gasteiger partial charge in [0.2, 0.25) is 17.6 Å². The maximum atomic E-state index is 13.6. The highest BCUT2D eigenvalue weighted by Crippen LogP contribution is 2.31. The van der Waals surface area contributed by atoms with Gasteiger partial charge < -0.3 is 19.4 Å². The Labute approximate surface area is 212 Å². The van der Waals surface area contributed by atoms with Crippen LogP contribution in [0.25, 0.3) is 0 Å². The summed E-state index contributed by atoms with van der Waals surface area (Å²) in [5.74, 6) is -0.659. The molecule has 2 aliphatic rings. The number of nitrogens with zero attached hydrogens (tertiary/aromatic N) is 2. The van der Waals surface area contributed by atoms with E-state index >= 15 is 0 Å². The number of aromatic nitrogens is 1. The summed E-state index contributed by atoms with van der Waals surface area (Å²) in [5, 5.41) is 2.99. The second kappa shape index (κ2) is 13.3. The zero-order chi connectivity index (χ0) is 25.2. The van der Waals surface area contributed by atoms with Crippen LogP contribution in [-0.2, 0) is 20.7 Å². The van der Waals surface area contributed by atoms with Crippen LogP contribution in [0, 0.1) is 11.8 Å². The van der Waals surface area contributed by atoms with E-state index in [1.807, 2.05) is 30.3 Å². The molecule has 0 radical (unpaired) electrons. The Morgan fingerprint density at radius 1 is 1.06 bits per heavy atom. The molecule has 1 aromatic heterocycles. The average molecular weight is 496 g/mol. The lowest BCUT2D eigenvalue weighted by Gasteiger charge is -2.30. The van der Waals surface area contributed by atoms with Crippen molar-refractivity contribution in [2.75, 3.05) is 26.3 Å². The maximum Gasteiger partial charge on any atom is 0.265 e. The van der Waals surface area contributed by atoms with E-state index in [2.05, 4.69) is 10.3 Å². The van der Waals surface area contributed by atoms with Crippen molar-refractivity contribution in [3.05, 3.63) is 54.2 Å². The van der Waals surface area contributed by atoms with Crippen molar-refractivity contribution in [2.45, 2.75) is 63.8 Å². The molecule has 8 nitrogen and oxygen atoms in total. The number of rotatable bonds is 11. The molecule has 8 heteroatoms. The second-order valence-corrected chi connectivity index (χ2v) is 9.92. The van der Waals surface area contributed by atoms with Crippen LogP contribution in [0.2, 0.25) is 0 Å². The molecule has 194 valence electrons. The van der Waals surface area contributed by atoms with Crippen LogP contribution in [0.15, 0.2) is 47.2 Å². The number of aryl methyl sites for hydroxylation is 1. The van der Waals surface area contributed by atoms with E-state index in [0.717, 1.165) is 18.4 Å². The Balaban J connectivity index is 1.47. The minimum absolute atomic E-state index is 0.0124. The molecule has 0 bridgehead atoms. The van der Waals surface area contributed by atoms with E-state index in [1.165, 1.54) is 31.7 Å². The first-order valence-electron chi connectivity index (χ1n) is 13.2. The molecule has 4 rings (SSSR count). The van der Waals surface area contributed by atoms with Gasteiger partial charge in [-0.1, -0.05) is 62.4 Å². The van der Waals surface area contributed by atoms with Crippen molar-refractivity contribution in [3.8, 4) is 0 Å². The molecule has 2 atom stereocenters. The van der Waals surface area contributed by atoms with E-state index in [-0.39, 0.29) is 29.9 Å². The van der Waals surface area contributed by atoms with Gasteiger partial charge in [0.15, 0.2) is 0 Å². The van der Waals surface area contributed by atoms with Crippen molar-refractivity contribution < 1.29 is 23.5 Å². The fraction of sp³-hybridized carbons (Fsp3) is 0.571. The summed E-state index contributed by atoms with van der Waals surface area (Å²) in [6.45, 7) is 2.16. The monoisotopic (exact) mass is 495 g/mol. The predicted molar refractivity (Wildman–Crippen MR) is 134 cm³/mol. The summed E-state index contributed by atoms with van der Waals surface area (Å²) in [6, 6.07) is 9.08. The molecule has 36 heavy (non-hydrogen) atoms. The van der Waals surface area contributed by atoms with Crippen LogP contribution in [0.1, 0.15) is 67.6 Å². The molecule has 1 aliphatic heterocycles. The van der Waals surface area contributed by atoms with Crippen molar-refractivity contribution in [1.29, 1.82) is 0 Å². The summed E-state index contributed by atoms with van der Waals surface area (Å²) < 4.78 is 10.6. The topological polar surface area (TPSA) is 102 Å². The quantitative estimate of drug-likeness (QED) is 0.476. The molecule has 2 aromatic rings. The third-order valence-electron chi connectivity index (χ3n) is 7.34. The number of carbonyl (C=O) groups is 3. The van der Waals surface area contributed by atoms with Crippen LogP contribution in [0.5, 0.6) is 0 Å². The number of morpholine rings is 1. The first-order chi connectivity index (χ1) is 17.6. The molecular weight excluding hydrogens is 458 g/mol. The van der Waals surface area contributed by atoms with Crippen molar-refractivity contribution in [1.82, 2.24) is 15.2 Å². The Morgan fingerprint density at radius 3 is 2.50 bits per heavy atom. The molecule has 2 amide bonds. The summed E-state index contributed by atoms with van der Waals surface area (Å²) in [7, 11) is 0. The first kappa shape index (κ1) is 26.1. The molecule has 1 aliphatic carbocycles. The minimum Gasteiger partial charge on any atom is -0.442 e. The molecule has 1 N–H and O–H groups in total. The van der Waals surface area contributed by atoms with E-state index in [1.54, 1.807) is 4.90 Å².